The van der Waals surface area contributed by atoms with E-state index in [1.54, 1.807) is 7.11 Å². The van der Waals surface area contributed by atoms with Crippen molar-refractivity contribution in [3.05, 3.63) is 28.3 Å². The maximum atomic E-state index is 11.4. The first kappa shape index (κ1) is 13.2. The Hall–Kier alpha value is -1.22. The first-order valence-corrected chi connectivity index (χ1v) is 6.41. The van der Waals surface area contributed by atoms with E-state index in [-0.39, 0.29) is 0 Å². The maximum Gasteiger partial charge on any atom is 0.314 e. The Morgan fingerprint density at radius 3 is 2.44 bits per heavy atom. The monoisotopic (exact) mass is 268 g/mol. The molecular formula is C14H17ClO3. The van der Waals surface area contributed by atoms with E-state index in [4.69, 9.17) is 16.3 Å². The van der Waals surface area contributed by atoms with E-state index in [1.807, 2.05) is 12.1 Å². The van der Waals surface area contributed by atoms with Crippen LogP contribution in [0.25, 0.3) is 0 Å². The van der Waals surface area contributed by atoms with Crippen LogP contribution in [-0.4, -0.2) is 18.2 Å². The number of benzene rings is 1. The maximum absolute atomic E-state index is 11.4. The van der Waals surface area contributed by atoms with E-state index in [1.165, 1.54) is 0 Å². The highest BCUT2D eigenvalue weighted by Crippen LogP contribution is 2.53. The van der Waals surface area contributed by atoms with Crippen molar-refractivity contribution in [1.82, 2.24) is 0 Å². The van der Waals surface area contributed by atoms with Crippen molar-refractivity contribution in [2.24, 2.45) is 0 Å². The summed E-state index contributed by atoms with van der Waals surface area (Å²) in [5.74, 6) is 0.0669. The van der Waals surface area contributed by atoms with Gasteiger partial charge in [-0.05, 0) is 36.0 Å². The molecule has 0 heterocycles. The minimum atomic E-state index is -0.799. The molecule has 1 N–H and O–H groups in total. The van der Waals surface area contributed by atoms with Gasteiger partial charge < -0.3 is 9.84 Å². The Morgan fingerprint density at radius 2 is 2.06 bits per heavy atom. The van der Waals surface area contributed by atoms with Crippen LogP contribution in [0.2, 0.25) is 5.02 Å². The molecule has 0 aliphatic heterocycles. The SMILES string of the molecule is COc1cc(C(C)C)cc(C2(C(=O)O)CC2)c1Cl. The standard InChI is InChI=1S/C14H17ClO3/c1-8(2)9-6-10(12(15)11(7-9)18-3)14(4-5-14)13(16)17/h6-8H,4-5H2,1-3H3,(H,16,17). The molecule has 1 saturated carbocycles. The summed E-state index contributed by atoms with van der Waals surface area (Å²) in [7, 11) is 1.55. The fourth-order valence-electron chi connectivity index (χ4n) is 2.17. The van der Waals surface area contributed by atoms with Gasteiger partial charge in [0.2, 0.25) is 0 Å². The molecule has 0 saturated heterocycles. The van der Waals surface area contributed by atoms with Gasteiger partial charge in [-0.2, -0.15) is 0 Å². The second-order valence-corrected chi connectivity index (χ2v) is 5.50. The van der Waals surface area contributed by atoms with Crippen LogP contribution in [0.4, 0.5) is 0 Å². The fourth-order valence-corrected chi connectivity index (χ4v) is 2.54. The highest BCUT2D eigenvalue weighted by molar-refractivity contribution is 6.33. The number of ether oxygens (including phenoxy) is 1. The molecule has 1 aromatic rings. The molecule has 98 valence electrons. The zero-order valence-corrected chi connectivity index (χ0v) is 11.5. The first-order chi connectivity index (χ1) is 8.42. The van der Waals surface area contributed by atoms with Crippen molar-refractivity contribution in [1.29, 1.82) is 0 Å². The molecule has 0 aromatic heterocycles. The van der Waals surface area contributed by atoms with E-state index < -0.39 is 11.4 Å². The van der Waals surface area contributed by atoms with Gasteiger partial charge in [0.15, 0.2) is 0 Å². The predicted octanol–water partition coefficient (Wildman–Crippen LogP) is 3.59. The Bertz CT molecular complexity index is 490. The first-order valence-electron chi connectivity index (χ1n) is 6.03. The van der Waals surface area contributed by atoms with Crippen molar-refractivity contribution in [2.45, 2.75) is 38.0 Å². The third kappa shape index (κ3) is 1.97. The van der Waals surface area contributed by atoms with E-state index >= 15 is 0 Å². The number of carboxylic acids is 1. The van der Waals surface area contributed by atoms with Gasteiger partial charge in [0.05, 0.1) is 17.5 Å². The molecule has 0 unspecified atom stereocenters. The van der Waals surface area contributed by atoms with Crippen LogP contribution in [-0.2, 0) is 10.2 Å². The van der Waals surface area contributed by atoms with Gasteiger partial charge in [-0.1, -0.05) is 31.5 Å². The summed E-state index contributed by atoms with van der Waals surface area (Å²) in [5, 5.41) is 9.81. The number of methoxy groups -OCH3 is 1. The number of halogens is 1. The number of hydrogen-bond acceptors (Lipinski definition) is 2. The lowest BCUT2D eigenvalue weighted by atomic mass is 9.91. The molecule has 0 bridgehead atoms. The number of carboxylic acid groups (broad SMARTS) is 1. The topological polar surface area (TPSA) is 46.5 Å². The molecule has 1 aromatic carbocycles. The highest BCUT2D eigenvalue weighted by Gasteiger charge is 2.53. The average Bonchev–Trinajstić information content (AvgIpc) is 3.10. The van der Waals surface area contributed by atoms with Crippen molar-refractivity contribution in [3.8, 4) is 5.75 Å². The number of carbonyl (C=O) groups is 1. The molecule has 3 nitrogen and oxygen atoms in total. The molecule has 0 atom stereocenters. The van der Waals surface area contributed by atoms with Crippen LogP contribution in [0, 0.1) is 0 Å². The third-order valence-electron chi connectivity index (χ3n) is 3.62. The number of hydrogen-bond donors (Lipinski definition) is 1. The Labute approximate surface area is 112 Å². The van der Waals surface area contributed by atoms with Gasteiger partial charge in [0.25, 0.3) is 0 Å². The molecule has 1 aliphatic carbocycles. The van der Waals surface area contributed by atoms with Crippen LogP contribution in [0.5, 0.6) is 5.75 Å². The van der Waals surface area contributed by atoms with Crippen LogP contribution in [0.15, 0.2) is 12.1 Å². The van der Waals surface area contributed by atoms with E-state index in [0.717, 1.165) is 5.56 Å². The summed E-state index contributed by atoms with van der Waals surface area (Å²) in [6.07, 6.45) is 1.29. The smallest absolute Gasteiger partial charge is 0.314 e. The summed E-state index contributed by atoms with van der Waals surface area (Å²) in [6, 6.07) is 3.80. The summed E-state index contributed by atoms with van der Waals surface area (Å²) in [4.78, 5) is 11.4. The number of aliphatic carboxylic acids is 1. The van der Waals surface area contributed by atoms with Crippen molar-refractivity contribution < 1.29 is 14.6 Å². The molecule has 0 radical (unpaired) electrons. The Kier molecular flexibility index (Phi) is 3.28. The fraction of sp³-hybridized carbons (Fsp3) is 0.500. The van der Waals surface area contributed by atoms with E-state index in [0.29, 0.717) is 35.1 Å². The molecule has 18 heavy (non-hydrogen) atoms. The molecule has 1 aliphatic rings. The summed E-state index contributed by atoms with van der Waals surface area (Å²) in [5.41, 5.74) is 0.952. The molecule has 4 heteroatoms. The van der Waals surface area contributed by atoms with Gasteiger partial charge in [0.1, 0.15) is 5.75 Å². The quantitative estimate of drug-likeness (QED) is 0.908. The lowest BCUT2D eigenvalue weighted by Gasteiger charge is -2.18. The molecule has 2 rings (SSSR count). The molecule has 0 spiro atoms. The second kappa shape index (κ2) is 4.47. The Balaban J connectivity index is 2.59. The third-order valence-corrected chi connectivity index (χ3v) is 4.01. The lowest BCUT2D eigenvalue weighted by Crippen LogP contribution is -2.20. The summed E-state index contributed by atoms with van der Waals surface area (Å²) in [6.45, 7) is 4.12. The van der Waals surface area contributed by atoms with Crippen molar-refractivity contribution in [3.63, 3.8) is 0 Å². The van der Waals surface area contributed by atoms with Crippen LogP contribution in [0.1, 0.15) is 43.7 Å². The highest BCUT2D eigenvalue weighted by atomic mass is 35.5. The normalized spacial score (nSPS) is 16.7. The molecular weight excluding hydrogens is 252 g/mol. The average molecular weight is 269 g/mol. The van der Waals surface area contributed by atoms with Crippen LogP contribution >= 0.6 is 11.6 Å². The van der Waals surface area contributed by atoms with Gasteiger partial charge in [0, 0.05) is 0 Å². The van der Waals surface area contributed by atoms with E-state index in [9.17, 15) is 9.90 Å². The lowest BCUT2D eigenvalue weighted by molar-refractivity contribution is -0.140. The predicted molar refractivity (Wildman–Crippen MR) is 70.6 cm³/mol. The van der Waals surface area contributed by atoms with Crippen LogP contribution < -0.4 is 4.74 Å². The van der Waals surface area contributed by atoms with Gasteiger partial charge in [-0.25, -0.2) is 0 Å². The number of rotatable bonds is 4. The van der Waals surface area contributed by atoms with Crippen molar-refractivity contribution >= 4 is 17.6 Å². The Morgan fingerprint density at radius 1 is 1.44 bits per heavy atom. The summed E-state index contributed by atoms with van der Waals surface area (Å²) < 4.78 is 5.25. The zero-order chi connectivity index (χ0) is 13.5. The largest absolute Gasteiger partial charge is 0.495 e. The minimum Gasteiger partial charge on any atom is -0.495 e. The molecule has 1 fully saturated rings. The van der Waals surface area contributed by atoms with Crippen LogP contribution in [0.3, 0.4) is 0 Å². The molecule has 0 amide bonds. The van der Waals surface area contributed by atoms with Gasteiger partial charge >= 0.3 is 5.97 Å². The van der Waals surface area contributed by atoms with Gasteiger partial charge in [-0.3, -0.25) is 4.79 Å². The minimum absolute atomic E-state index is 0.305. The summed E-state index contributed by atoms with van der Waals surface area (Å²) >= 11 is 6.27. The second-order valence-electron chi connectivity index (χ2n) is 5.13. The van der Waals surface area contributed by atoms with E-state index in [2.05, 4.69) is 13.8 Å². The van der Waals surface area contributed by atoms with Gasteiger partial charge in [-0.15, -0.1) is 0 Å². The van der Waals surface area contributed by atoms with Crippen molar-refractivity contribution in [2.75, 3.05) is 7.11 Å². The zero-order valence-electron chi connectivity index (χ0n) is 10.8.